The highest BCUT2D eigenvalue weighted by atomic mass is 16.5. The quantitative estimate of drug-likeness (QED) is 0.449. The SMILES string of the molecule is C/C=C/CC(C)Nc1cc(-c2cccc(C(C)(C)C(=O)O)c2)nc(OC)n1.C/C=C\CC. The number of aliphatic carboxylic acids is 1. The van der Waals surface area contributed by atoms with Crippen molar-refractivity contribution < 1.29 is 14.6 Å². The highest BCUT2D eigenvalue weighted by Gasteiger charge is 2.29. The molecule has 1 atom stereocenters. The Bertz CT molecular complexity index is 920. The molecule has 2 N–H and O–H groups in total. The Labute approximate surface area is 192 Å². The molecule has 0 bridgehead atoms. The van der Waals surface area contributed by atoms with Crippen molar-refractivity contribution in [1.82, 2.24) is 9.97 Å². The van der Waals surface area contributed by atoms with E-state index in [2.05, 4.69) is 47.4 Å². The maximum absolute atomic E-state index is 11.6. The maximum atomic E-state index is 11.6. The summed E-state index contributed by atoms with van der Waals surface area (Å²) in [5, 5.41) is 12.8. The third-order valence-electron chi connectivity index (χ3n) is 4.89. The van der Waals surface area contributed by atoms with E-state index in [1.807, 2.05) is 50.3 Å². The first kappa shape index (κ1) is 26.9. The van der Waals surface area contributed by atoms with Crippen LogP contribution in [0.3, 0.4) is 0 Å². The van der Waals surface area contributed by atoms with Gasteiger partial charge in [-0.1, -0.05) is 49.4 Å². The number of ether oxygens (including phenoxy) is 1. The zero-order valence-electron chi connectivity index (χ0n) is 20.3. The summed E-state index contributed by atoms with van der Waals surface area (Å²) in [5.41, 5.74) is 1.20. The predicted molar refractivity (Wildman–Crippen MR) is 132 cm³/mol. The van der Waals surface area contributed by atoms with Crippen molar-refractivity contribution >= 4 is 11.8 Å². The van der Waals surface area contributed by atoms with Crippen molar-refractivity contribution in [3.63, 3.8) is 0 Å². The van der Waals surface area contributed by atoms with Crippen molar-refractivity contribution in [2.24, 2.45) is 0 Å². The summed E-state index contributed by atoms with van der Waals surface area (Å²) in [6.45, 7) is 11.6. The third-order valence-corrected chi connectivity index (χ3v) is 4.89. The van der Waals surface area contributed by atoms with Gasteiger partial charge in [0.25, 0.3) is 0 Å². The van der Waals surface area contributed by atoms with Crippen LogP contribution < -0.4 is 10.1 Å². The molecule has 6 heteroatoms. The number of hydrogen-bond donors (Lipinski definition) is 2. The molecular formula is C26H37N3O3. The number of allylic oxidation sites excluding steroid dienone is 3. The monoisotopic (exact) mass is 439 g/mol. The van der Waals surface area contributed by atoms with Crippen molar-refractivity contribution in [3.05, 3.63) is 60.2 Å². The fourth-order valence-corrected chi connectivity index (χ4v) is 2.82. The topological polar surface area (TPSA) is 84.3 Å². The summed E-state index contributed by atoms with van der Waals surface area (Å²) in [6, 6.07) is 9.71. The van der Waals surface area contributed by atoms with Crippen LogP contribution in [0, 0.1) is 0 Å². The van der Waals surface area contributed by atoms with Crippen molar-refractivity contribution in [2.45, 2.75) is 65.8 Å². The van der Waals surface area contributed by atoms with Crippen LogP contribution in [0.25, 0.3) is 11.3 Å². The largest absolute Gasteiger partial charge is 0.481 e. The second-order valence-electron chi connectivity index (χ2n) is 7.96. The minimum atomic E-state index is -0.991. The molecule has 1 unspecified atom stereocenters. The third kappa shape index (κ3) is 8.17. The van der Waals surface area contributed by atoms with Crippen LogP contribution in [0.15, 0.2) is 54.6 Å². The number of hydrogen-bond acceptors (Lipinski definition) is 5. The zero-order chi connectivity index (χ0) is 24.1. The van der Waals surface area contributed by atoms with Crippen LogP contribution in [0.5, 0.6) is 6.01 Å². The first-order valence-electron chi connectivity index (χ1n) is 11.0. The lowest BCUT2D eigenvalue weighted by Crippen LogP contribution is -2.28. The Hall–Kier alpha value is -3.15. The minimum absolute atomic E-state index is 0.200. The molecule has 2 aromatic rings. The number of nitrogens with zero attached hydrogens (tertiary/aromatic N) is 2. The molecule has 0 aliphatic carbocycles. The number of nitrogens with one attached hydrogen (secondary N) is 1. The lowest BCUT2D eigenvalue weighted by Gasteiger charge is -2.20. The molecule has 0 fully saturated rings. The van der Waals surface area contributed by atoms with Gasteiger partial charge in [-0.05, 0) is 59.1 Å². The van der Waals surface area contributed by atoms with E-state index in [0.29, 0.717) is 17.1 Å². The number of aromatic nitrogens is 2. The van der Waals surface area contributed by atoms with E-state index in [-0.39, 0.29) is 12.1 Å². The van der Waals surface area contributed by atoms with Crippen LogP contribution >= 0.6 is 0 Å². The molecule has 0 aliphatic heterocycles. The van der Waals surface area contributed by atoms with Crippen LogP contribution in [-0.2, 0) is 10.2 Å². The van der Waals surface area contributed by atoms with E-state index in [0.717, 1.165) is 18.4 Å². The van der Waals surface area contributed by atoms with E-state index < -0.39 is 11.4 Å². The Morgan fingerprint density at radius 3 is 2.41 bits per heavy atom. The van der Waals surface area contributed by atoms with Gasteiger partial charge in [0.2, 0.25) is 0 Å². The van der Waals surface area contributed by atoms with Crippen LogP contribution in [0.1, 0.15) is 59.9 Å². The fraction of sp³-hybridized carbons (Fsp3) is 0.423. The van der Waals surface area contributed by atoms with Gasteiger partial charge in [0.15, 0.2) is 0 Å². The summed E-state index contributed by atoms with van der Waals surface area (Å²) < 4.78 is 5.25. The molecule has 0 amide bonds. The number of anilines is 1. The molecule has 32 heavy (non-hydrogen) atoms. The van der Waals surface area contributed by atoms with E-state index in [1.165, 1.54) is 7.11 Å². The normalized spacial score (nSPS) is 12.3. The molecule has 1 aromatic heterocycles. The number of benzene rings is 1. The summed E-state index contributed by atoms with van der Waals surface area (Å²) in [7, 11) is 1.52. The first-order valence-corrected chi connectivity index (χ1v) is 11.0. The molecule has 1 aromatic carbocycles. The molecular weight excluding hydrogens is 402 g/mol. The average molecular weight is 440 g/mol. The van der Waals surface area contributed by atoms with Gasteiger partial charge in [-0.25, -0.2) is 0 Å². The average Bonchev–Trinajstić information content (AvgIpc) is 2.78. The van der Waals surface area contributed by atoms with Gasteiger partial charge in [0.1, 0.15) is 5.82 Å². The van der Waals surface area contributed by atoms with Crippen molar-refractivity contribution in [3.8, 4) is 17.3 Å². The van der Waals surface area contributed by atoms with Crippen LogP contribution in [-0.4, -0.2) is 34.2 Å². The van der Waals surface area contributed by atoms with Gasteiger partial charge in [-0.3, -0.25) is 4.79 Å². The van der Waals surface area contributed by atoms with E-state index in [1.54, 1.807) is 13.8 Å². The van der Waals surface area contributed by atoms with Gasteiger partial charge < -0.3 is 15.2 Å². The second-order valence-corrected chi connectivity index (χ2v) is 7.96. The molecule has 0 spiro atoms. The number of carboxylic acid groups (broad SMARTS) is 1. The molecule has 1 heterocycles. The predicted octanol–water partition coefficient (Wildman–Crippen LogP) is 6.25. The number of methoxy groups -OCH3 is 1. The second kappa shape index (κ2) is 13.3. The van der Waals surface area contributed by atoms with E-state index in [4.69, 9.17) is 4.74 Å². The molecule has 0 saturated carbocycles. The van der Waals surface area contributed by atoms with Crippen molar-refractivity contribution in [1.29, 1.82) is 0 Å². The molecule has 0 aliphatic rings. The first-order chi connectivity index (χ1) is 15.2. The van der Waals surface area contributed by atoms with Gasteiger partial charge in [-0.2, -0.15) is 9.97 Å². The minimum Gasteiger partial charge on any atom is -0.481 e. The molecule has 174 valence electrons. The van der Waals surface area contributed by atoms with Crippen molar-refractivity contribution in [2.75, 3.05) is 12.4 Å². The highest BCUT2D eigenvalue weighted by Crippen LogP contribution is 2.29. The summed E-state index contributed by atoms with van der Waals surface area (Å²) in [5.74, 6) is -0.211. The maximum Gasteiger partial charge on any atom is 0.318 e. The van der Waals surface area contributed by atoms with Gasteiger partial charge in [0.05, 0.1) is 18.2 Å². The molecule has 6 nitrogen and oxygen atoms in total. The fourth-order valence-electron chi connectivity index (χ4n) is 2.82. The Morgan fingerprint density at radius 2 is 1.88 bits per heavy atom. The summed E-state index contributed by atoms with van der Waals surface area (Å²) in [4.78, 5) is 20.4. The number of rotatable bonds is 9. The molecule has 2 rings (SSSR count). The Kier molecular flexibility index (Phi) is 11.2. The molecule has 0 radical (unpaired) electrons. The smallest absolute Gasteiger partial charge is 0.318 e. The zero-order valence-corrected chi connectivity index (χ0v) is 20.3. The van der Waals surface area contributed by atoms with E-state index in [9.17, 15) is 9.90 Å². The van der Waals surface area contributed by atoms with Crippen LogP contribution in [0.2, 0.25) is 0 Å². The summed E-state index contributed by atoms with van der Waals surface area (Å²) in [6.07, 6.45) is 10.3. The Balaban J connectivity index is 0.000000920. The van der Waals surface area contributed by atoms with Gasteiger partial charge >= 0.3 is 12.0 Å². The van der Waals surface area contributed by atoms with Gasteiger partial charge in [-0.15, -0.1) is 0 Å². The van der Waals surface area contributed by atoms with Crippen LogP contribution in [0.4, 0.5) is 5.82 Å². The van der Waals surface area contributed by atoms with Gasteiger partial charge in [0, 0.05) is 17.7 Å². The lowest BCUT2D eigenvalue weighted by molar-refractivity contribution is -0.142. The lowest BCUT2D eigenvalue weighted by atomic mass is 9.84. The number of carbonyl (C=O) groups is 1. The number of carboxylic acids is 1. The molecule has 0 saturated heterocycles. The highest BCUT2D eigenvalue weighted by molar-refractivity contribution is 5.81. The Morgan fingerprint density at radius 1 is 1.19 bits per heavy atom. The van der Waals surface area contributed by atoms with E-state index >= 15 is 0 Å². The summed E-state index contributed by atoms with van der Waals surface area (Å²) >= 11 is 0. The standard InChI is InChI=1S/C21H27N3O3.C5H10/c1-6-7-9-14(2)22-18-13-17(23-20(24-18)27-5)15-10-8-11-16(12-15)21(3,4)19(25)26;1-3-5-4-2/h6-8,10-14H,9H2,1-5H3,(H,25,26)(H,22,23,24);3,5H,4H2,1-2H3/b7-6+;5-3-.